The summed E-state index contributed by atoms with van der Waals surface area (Å²) in [4.78, 5) is 23.6. The number of carbonyl (C=O) groups is 1. The summed E-state index contributed by atoms with van der Waals surface area (Å²) in [6.07, 6.45) is 7.21. The minimum atomic E-state index is -0.871. The van der Waals surface area contributed by atoms with E-state index in [9.17, 15) is 18.0 Å². The van der Waals surface area contributed by atoms with Gasteiger partial charge in [0.25, 0.3) is 0 Å². The van der Waals surface area contributed by atoms with Crippen LogP contribution in [0.5, 0.6) is 0 Å². The normalized spacial score (nSPS) is 21.1. The molecular formula is C31H36F3N5O. The zero-order chi connectivity index (χ0) is 28.4. The van der Waals surface area contributed by atoms with Crippen molar-refractivity contribution in [3.05, 3.63) is 71.9 Å². The molecule has 3 heterocycles. The van der Waals surface area contributed by atoms with E-state index in [1.807, 2.05) is 6.07 Å². The Morgan fingerprint density at radius 2 is 1.80 bits per heavy atom. The Balaban J connectivity index is 1.24. The molecule has 2 aliphatic rings. The van der Waals surface area contributed by atoms with Crippen LogP contribution in [-0.2, 0) is 11.3 Å². The van der Waals surface area contributed by atoms with E-state index in [0.717, 1.165) is 55.7 Å². The number of anilines is 2. The largest absolute Gasteiger partial charge is 0.376 e. The van der Waals surface area contributed by atoms with Crippen molar-refractivity contribution in [2.45, 2.75) is 59.0 Å². The van der Waals surface area contributed by atoms with Crippen molar-refractivity contribution in [3.8, 4) is 11.3 Å². The highest BCUT2D eigenvalue weighted by Crippen LogP contribution is 2.45. The summed E-state index contributed by atoms with van der Waals surface area (Å²) in [5.74, 6) is -1.69. The van der Waals surface area contributed by atoms with Crippen LogP contribution in [0.25, 0.3) is 11.3 Å². The summed E-state index contributed by atoms with van der Waals surface area (Å²) in [5.41, 5.74) is 1.51. The van der Waals surface area contributed by atoms with E-state index >= 15 is 0 Å². The predicted octanol–water partition coefficient (Wildman–Crippen LogP) is 6.33. The number of pyridine rings is 2. The highest BCUT2D eigenvalue weighted by molar-refractivity contribution is 5.80. The number of hydrogen-bond acceptors (Lipinski definition) is 5. The van der Waals surface area contributed by atoms with Crippen LogP contribution in [0.3, 0.4) is 0 Å². The molecule has 2 fully saturated rings. The smallest absolute Gasteiger partial charge is 0.223 e. The van der Waals surface area contributed by atoms with Gasteiger partial charge in [-0.05, 0) is 67.3 Å². The molecule has 1 aliphatic carbocycles. The van der Waals surface area contributed by atoms with E-state index in [0.29, 0.717) is 18.2 Å². The first kappa shape index (κ1) is 27.9. The van der Waals surface area contributed by atoms with Gasteiger partial charge in [0, 0.05) is 31.2 Å². The maximum atomic E-state index is 14.5. The molecule has 2 aromatic heterocycles. The van der Waals surface area contributed by atoms with Crippen molar-refractivity contribution in [2.24, 2.45) is 17.3 Å². The first-order valence-corrected chi connectivity index (χ1v) is 13.9. The van der Waals surface area contributed by atoms with E-state index in [4.69, 9.17) is 0 Å². The fourth-order valence-corrected chi connectivity index (χ4v) is 5.64. The fourth-order valence-electron chi connectivity index (χ4n) is 5.64. The van der Waals surface area contributed by atoms with Crippen molar-refractivity contribution in [2.75, 3.05) is 23.3 Å². The molecule has 1 saturated carbocycles. The SMILES string of the molecule is CC(C)(C)C1CC(C(=O)NC2CCCN(c3ccncc3NCc3ccc(F)c(-c4c(F)cccc4F)n3)C2)C1. The third-order valence-electron chi connectivity index (χ3n) is 8.20. The zero-order valence-corrected chi connectivity index (χ0v) is 23.2. The predicted molar refractivity (Wildman–Crippen MR) is 150 cm³/mol. The van der Waals surface area contributed by atoms with Gasteiger partial charge in [-0.3, -0.25) is 9.78 Å². The molecule has 1 saturated heterocycles. The van der Waals surface area contributed by atoms with Gasteiger partial charge >= 0.3 is 0 Å². The molecule has 0 radical (unpaired) electrons. The Kier molecular flexibility index (Phi) is 8.01. The molecule has 2 N–H and O–H groups in total. The second kappa shape index (κ2) is 11.5. The van der Waals surface area contributed by atoms with Crippen LogP contribution in [0.15, 0.2) is 48.8 Å². The Bertz CT molecular complexity index is 1350. The van der Waals surface area contributed by atoms with Crippen LogP contribution in [0.2, 0.25) is 0 Å². The molecule has 0 bridgehead atoms. The highest BCUT2D eigenvalue weighted by Gasteiger charge is 2.41. The van der Waals surface area contributed by atoms with Gasteiger partial charge in [0.1, 0.15) is 23.1 Å². The molecule has 40 heavy (non-hydrogen) atoms. The number of aromatic nitrogens is 2. The van der Waals surface area contributed by atoms with Crippen molar-refractivity contribution >= 4 is 17.3 Å². The Labute approximate surface area is 233 Å². The van der Waals surface area contributed by atoms with Gasteiger partial charge in [0.2, 0.25) is 5.91 Å². The van der Waals surface area contributed by atoms with E-state index in [1.54, 1.807) is 12.4 Å². The molecule has 1 aromatic carbocycles. The molecule has 1 aliphatic heterocycles. The van der Waals surface area contributed by atoms with Gasteiger partial charge < -0.3 is 15.5 Å². The Morgan fingerprint density at radius 1 is 1.05 bits per heavy atom. The maximum Gasteiger partial charge on any atom is 0.223 e. The average Bonchev–Trinajstić information content (AvgIpc) is 2.87. The van der Waals surface area contributed by atoms with Gasteiger partial charge in [-0.1, -0.05) is 26.8 Å². The number of nitrogens with one attached hydrogen (secondary N) is 2. The summed E-state index contributed by atoms with van der Waals surface area (Å²) in [6, 6.07) is 8.02. The van der Waals surface area contributed by atoms with E-state index in [1.165, 1.54) is 18.2 Å². The lowest BCUT2D eigenvalue weighted by atomic mass is 9.63. The standard InChI is InChI=1S/C31H36F3N5O/c1-31(2,3)20-14-19(15-20)30(40)38-22-6-5-13-39(18-22)27-11-12-35-17-26(27)36-16-21-9-10-25(34)29(37-21)28-23(32)7-4-8-24(28)33/h4,7-12,17,19-20,22,36H,5-6,13-16,18H2,1-3H3,(H,38,40). The highest BCUT2D eigenvalue weighted by atomic mass is 19.1. The van der Waals surface area contributed by atoms with E-state index < -0.39 is 23.0 Å². The Hall–Kier alpha value is -3.62. The van der Waals surface area contributed by atoms with Gasteiger partial charge in [0.05, 0.1) is 35.4 Å². The van der Waals surface area contributed by atoms with Crippen LogP contribution in [0.4, 0.5) is 24.5 Å². The van der Waals surface area contributed by atoms with Crippen LogP contribution in [0.1, 0.15) is 52.1 Å². The van der Waals surface area contributed by atoms with E-state index in [2.05, 4.69) is 46.3 Å². The molecule has 1 atom stereocenters. The van der Waals surface area contributed by atoms with Gasteiger partial charge in [-0.2, -0.15) is 0 Å². The second-order valence-corrected chi connectivity index (χ2v) is 12.0. The number of amides is 1. The molecule has 9 heteroatoms. The number of carbonyl (C=O) groups excluding carboxylic acids is 1. The van der Waals surface area contributed by atoms with Crippen molar-refractivity contribution in [1.82, 2.24) is 15.3 Å². The summed E-state index contributed by atoms with van der Waals surface area (Å²) in [5, 5.41) is 6.58. The summed E-state index contributed by atoms with van der Waals surface area (Å²) < 4.78 is 43.1. The number of benzene rings is 1. The first-order chi connectivity index (χ1) is 19.1. The minimum absolute atomic E-state index is 0.0629. The molecular weight excluding hydrogens is 515 g/mol. The summed E-state index contributed by atoms with van der Waals surface area (Å²) in [6.45, 7) is 8.43. The second-order valence-electron chi connectivity index (χ2n) is 12.0. The van der Waals surface area contributed by atoms with Gasteiger partial charge in [0.15, 0.2) is 0 Å². The van der Waals surface area contributed by atoms with Crippen LogP contribution in [-0.4, -0.2) is 35.0 Å². The van der Waals surface area contributed by atoms with Crippen molar-refractivity contribution in [3.63, 3.8) is 0 Å². The monoisotopic (exact) mass is 551 g/mol. The molecule has 212 valence electrons. The number of hydrogen-bond donors (Lipinski definition) is 2. The lowest BCUT2D eigenvalue weighted by Crippen LogP contribution is -2.51. The first-order valence-electron chi connectivity index (χ1n) is 13.9. The lowest BCUT2D eigenvalue weighted by Gasteiger charge is -2.44. The Morgan fingerprint density at radius 3 is 2.52 bits per heavy atom. The minimum Gasteiger partial charge on any atom is -0.376 e. The number of halogens is 3. The molecule has 3 aromatic rings. The molecule has 0 spiro atoms. The summed E-state index contributed by atoms with van der Waals surface area (Å²) in [7, 11) is 0. The molecule has 1 amide bonds. The van der Waals surface area contributed by atoms with Crippen LogP contribution in [0, 0.1) is 34.7 Å². The lowest BCUT2D eigenvalue weighted by molar-refractivity contribution is -0.131. The maximum absolute atomic E-state index is 14.5. The fraction of sp³-hybridized carbons (Fsp3) is 0.452. The molecule has 1 unspecified atom stereocenters. The topological polar surface area (TPSA) is 70.2 Å². The summed E-state index contributed by atoms with van der Waals surface area (Å²) >= 11 is 0. The molecule has 5 rings (SSSR count). The number of piperidine rings is 1. The quantitative estimate of drug-likeness (QED) is 0.359. The zero-order valence-electron chi connectivity index (χ0n) is 23.2. The third-order valence-corrected chi connectivity index (χ3v) is 8.20. The average molecular weight is 552 g/mol. The number of rotatable bonds is 7. The van der Waals surface area contributed by atoms with Crippen LogP contribution >= 0.6 is 0 Å². The molecule has 6 nitrogen and oxygen atoms in total. The van der Waals surface area contributed by atoms with Crippen LogP contribution < -0.4 is 15.5 Å². The third kappa shape index (κ3) is 6.08. The van der Waals surface area contributed by atoms with Gasteiger partial charge in [-0.15, -0.1) is 0 Å². The van der Waals surface area contributed by atoms with Crippen molar-refractivity contribution in [1.29, 1.82) is 0 Å². The van der Waals surface area contributed by atoms with E-state index in [-0.39, 0.29) is 35.5 Å². The van der Waals surface area contributed by atoms with Gasteiger partial charge in [-0.25, -0.2) is 18.2 Å². The van der Waals surface area contributed by atoms with Crippen molar-refractivity contribution < 1.29 is 18.0 Å². The number of nitrogens with zero attached hydrogens (tertiary/aromatic N) is 3.